The molecule has 2 nitrogen and oxygen atoms in total. The highest BCUT2D eigenvalue weighted by Crippen LogP contribution is 2.25. The number of aryl methyl sites for hydroxylation is 1. The van der Waals surface area contributed by atoms with Crippen molar-refractivity contribution in [2.45, 2.75) is 38.1 Å². The molecule has 2 heteroatoms. The third-order valence-corrected chi connectivity index (χ3v) is 4.13. The molecule has 1 unspecified atom stereocenters. The molecular weight excluding hydrogens is 208 g/mol. The summed E-state index contributed by atoms with van der Waals surface area (Å²) in [5, 5.41) is 3.69. The number of para-hydroxylation sites is 1. The first-order valence-corrected chi connectivity index (χ1v) is 6.98. The van der Waals surface area contributed by atoms with Gasteiger partial charge in [0.05, 0.1) is 0 Å². The van der Waals surface area contributed by atoms with Gasteiger partial charge in [-0.05, 0) is 56.8 Å². The minimum Gasteiger partial charge on any atom is -0.382 e. The maximum atomic E-state index is 3.69. The van der Waals surface area contributed by atoms with Gasteiger partial charge in [0, 0.05) is 18.3 Å². The van der Waals surface area contributed by atoms with Crippen molar-refractivity contribution in [3.8, 4) is 0 Å². The summed E-state index contributed by atoms with van der Waals surface area (Å²) in [6.07, 6.45) is 6.65. The first-order chi connectivity index (χ1) is 8.42. The van der Waals surface area contributed by atoms with Gasteiger partial charge in [-0.15, -0.1) is 0 Å². The van der Waals surface area contributed by atoms with Crippen molar-refractivity contribution in [2.24, 2.45) is 0 Å². The summed E-state index contributed by atoms with van der Waals surface area (Å²) in [6, 6.07) is 9.43. The fourth-order valence-corrected chi connectivity index (χ4v) is 3.06. The van der Waals surface area contributed by atoms with Crippen LogP contribution in [0.5, 0.6) is 0 Å². The van der Waals surface area contributed by atoms with E-state index >= 15 is 0 Å². The van der Waals surface area contributed by atoms with Gasteiger partial charge in [0.25, 0.3) is 0 Å². The second-order valence-corrected chi connectivity index (χ2v) is 5.37. The Balaban J connectivity index is 1.53. The molecule has 0 aliphatic carbocycles. The highest BCUT2D eigenvalue weighted by atomic mass is 15.1. The molecule has 1 aromatic carbocycles. The van der Waals surface area contributed by atoms with Crippen LogP contribution in [0.4, 0.5) is 5.69 Å². The number of nitrogens with one attached hydrogen (secondary N) is 1. The molecule has 1 N–H and O–H groups in total. The molecule has 0 radical (unpaired) electrons. The Kier molecular flexibility index (Phi) is 3.32. The number of nitrogens with zero attached hydrogens (tertiary/aromatic N) is 1. The zero-order valence-corrected chi connectivity index (χ0v) is 10.5. The molecule has 0 bridgehead atoms. The van der Waals surface area contributed by atoms with Crippen molar-refractivity contribution >= 4 is 5.69 Å². The van der Waals surface area contributed by atoms with Gasteiger partial charge in [-0.25, -0.2) is 0 Å². The van der Waals surface area contributed by atoms with Gasteiger partial charge < -0.3 is 10.2 Å². The smallest absolute Gasteiger partial charge is 0.0374 e. The lowest BCUT2D eigenvalue weighted by atomic mass is 9.96. The minimum atomic E-state index is 0.686. The van der Waals surface area contributed by atoms with Crippen molar-refractivity contribution in [1.82, 2.24) is 4.90 Å². The van der Waals surface area contributed by atoms with E-state index < -0.39 is 0 Å². The van der Waals surface area contributed by atoms with Gasteiger partial charge in [-0.1, -0.05) is 18.2 Å². The Morgan fingerprint density at radius 3 is 2.88 bits per heavy atom. The Morgan fingerprint density at radius 1 is 1.18 bits per heavy atom. The number of anilines is 1. The second-order valence-electron chi connectivity index (χ2n) is 5.37. The monoisotopic (exact) mass is 230 g/mol. The SMILES string of the molecule is c1ccc2c(c1)CCC(CCN1CCCC1)N2. The Hall–Kier alpha value is -1.02. The molecular formula is C15H22N2. The normalized spacial score (nSPS) is 24.4. The summed E-state index contributed by atoms with van der Waals surface area (Å²) < 4.78 is 0. The molecule has 1 fully saturated rings. The quantitative estimate of drug-likeness (QED) is 0.859. The second kappa shape index (κ2) is 5.09. The van der Waals surface area contributed by atoms with Crippen molar-refractivity contribution in [3.05, 3.63) is 29.8 Å². The number of rotatable bonds is 3. The lowest BCUT2D eigenvalue weighted by Crippen LogP contribution is -2.31. The summed E-state index contributed by atoms with van der Waals surface area (Å²) in [6.45, 7) is 3.92. The Bertz CT molecular complexity index is 369. The average Bonchev–Trinajstić information content (AvgIpc) is 2.89. The molecule has 1 atom stereocenters. The number of hydrogen-bond acceptors (Lipinski definition) is 2. The molecule has 0 spiro atoms. The van der Waals surface area contributed by atoms with Crippen LogP contribution in [0.15, 0.2) is 24.3 Å². The van der Waals surface area contributed by atoms with Crippen LogP contribution in [0.3, 0.4) is 0 Å². The molecule has 2 aliphatic rings. The summed E-state index contributed by atoms with van der Waals surface area (Å²) in [4.78, 5) is 2.61. The van der Waals surface area contributed by atoms with Crippen LogP contribution >= 0.6 is 0 Å². The molecule has 2 heterocycles. The fourth-order valence-electron chi connectivity index (χ4n) is 3.06. The van der Waals surface area contributed by atoms with Crippen LogP contribution in [-0.4, -0.2) is 30.6 Å². The first kappa shape index (κ1) is 11.1. The molecule has 17 heavy (non-hydrogen) atoms. The highest BCUT2D eigenvalue weighted by molar-refractivity contribution is 5.53. The van der Waals surface area contributed by atoms with Gasteiger partial charge in [0.15, 0.2) is 0 Å². The topological polar surface area (TPSA) is 15.3 Å². The molecule has 92 valence electrons. The van der Waals surface area contributed by atoms with E-state index in [1.807, 2.05) is 0 Å². The van der Waals surface area contributed by atoms with Crippen LogP contribution in [-0.2, 0) is 6.42 Å². The lowest BCUT2D eigenvalue weighted by molar-refractivity contribution is 0.321. The Morgan fingerprint density at radius 2 is 2.00 bits per heavy atom. The van der Waals surface area contributed by atoms with E-state index in [-0.39, 0.29) is 0 Å². The summed E-state index contributed by atoms with van der Waals surface area (Å²) in [5.74, 6) is 0. The summed E-state index contributed by atoms with van der Waals surface area (Å²) in [5.41, 5.74) is 2.86. The van der Waals surface area contributed by atoms with Crippen LogP contribution in [0.25, 0.3) is 0 Å². The Labute approximate surface area is 104 Å². The first-order valence-electron chi connectivity index (χ1n) is 6.98. The van der Waals surface area contributed by atoms with Crippen LogP contribution < -0.4 is 5.32 Å². The van der Waals surface area contributed by atoms with Gasteiger partial charge >= 0.3 is 0 Å². The number of benzene rings is 1. The third-order valence-electron chi connectivity index (χ3n) is 4.13. The van der Waals surface area contributed by atoms with Crippen molar-refractivity contribution in [1.29, 1.82) is 0 Å². The molecule has 0 amide bonds. The van der Waals surface area contributed by atoms with Gasteiger partial charge in [-0.2, -0.15) is 0 Å². The maximum Gasteiger partial charge on any atom is 0.0374 e. The molecule has 0 saturated carbocycles. The summed E-state index contributed by atoms with van der Waals surface area (Å²) in [7, 11) is 0. The van der Waals surface area contributed by atoms with E-state index in [1.54, 1.807) is 0 Å². The number of likely N-dealkylation sites (tertiary alicyclic amines) is 1. The molecule has 3 rings (SSSR count). The van der Waals surface area contributed by atoms with Crippen molar-refractivity contribution in [2.75, 3.05) is 25.0 Å². The third kappa shape index (κ3) is 2.63. The van der Waals surface area contributed by atoms with Gasteiger partial charge in [0.1, 0.15) is 0 Å². The molecule has 0 aromatic heterocycles. The van der Waals surface area contributed by atoms with E-state index in [2.05, 4.69) is 34.5 Å². The van der Waals surface area contributed by atoms with Crippen LogP contribution in [0.2, 0.25) is 0 Å². The van der Waals surface area contributed by atoms with Gasteiger partial charge in [0.2, 0.25) is 0 Å². The minimum absolute atomic E-state index is 0.686. The van der Waals surface area contributed by atoms with Crippen molar-refractivity contribution in [3.63, 3.8) is 0 Å². The van der Waals surface area contributed by atoms with Gasteiger partial charge in [-0.3, -0.25) is 0 Å². The number of fused-ring (bicyclic) bond motifs is 1. The standard InChI is InChI=1S/C15H22N2/c1-2-6-15-13(5-1)7-8-14(16-15)9-12-17-10-3-4-11-17/h1-2,5-6,14,16H,3-4,7-12H2. The predicted molar refractivity (Wildman–Crippen MR) is 72.5 cm³/mol. The largest absolute Gasteiger partial charge is 0.382 e. The van der Waals surface area contributed by atoms with E-state index in [0.717, 1.165) is 0 Å². The zero-order chi connectivity index (χ0) is 11.5. The van der Waals surface area contributed by atoms with E-state index in [1.165, 1.54) is 63.0 Å². The highest BCUT2D eigenvalue weighted by Gasteiger charge is 2.19. The molecule has 1 aromatic rings. The van der Waals surface area contributed by atoms with E-state index in [9.17, 15) is 0 Å². The number of hydrogen-bond donors (Lipinski definition) is 1. The fraction of sp³-hybridized carbons (Fsp3) is 0.600. The van der Waals surface area contributed by atoms with Crippen molar-refractivity contribution < 1.29 is 0 Å². The molecule has 1 saturated heterocycles. The maximum absolute atomic E-state index is 3.69. The van der Waals surface area contributed by atoms with Crippen LogP contribution in [0.1, 0.15) is 31.2 Å². The lowest BCUT2D eigenvalue weighted by Gasteiger charge is -2.28. The van der Waals surface area contributed by atoms with Crippen LogP contribution in [0, 0.1) is 0 Å². The average molecular weight is 230 g/mol. The van der Waals surface area contributed by atoms with E-state index in [0.29, 0.717) is 6.04 Å². The predicted octanol–water partition coefficient (Wildman–Crippen LogP) is 2.90. The zero-order valence-electron chi connectivity index (χ0n) is 10.5. The molecule has 2 aliphatic heterocycles. The summed E-state index contributed by atoms with van der Waals surface area (Å²) >= 11 is 0. The van der Waals surface area contributed by atoms with E-state index in [4.69, 9.17) is 0 Å².